The second-order valence-electron chi connectivity index (χ2n) is 6.08. The van der Waals surface area contributed by atoms with Crippen molar-refractivity contribution in [1.29, 1.82) is 0 Å². The van der Waals surface area contributed by atoms with Gasteiger partial charge in [0.1, 0.15) is 5.75 Å². The summed E-state index contributed by atoms with van der Waals surface area (Å²) in [4.78, 5) is 27.1. The third-order valence-electron chi connectivity index (χ3n) is 4.95. The molecule has 0 unspecified atom stereocenters. The topological polar surface area (TPSA) is 70.1 Å². The molecule has 2 aliphatic heterocycles. The van der Waals surface area contributed by atoms with Gasteiger partial charge in [-0.15, -0.1) is 0 Å². The molecule has 0 aliphatic carbocycles. The Hall–Kier alpha value is -1.95. The van der Waals surface area contributed by atoms with Gasteiger partial charge >= 0.3 is 6.09 Å². The highest BCUT2D eigenvalue weighted by molar-refractivity contribution is 6.32. The molecule has 0 radical (unpaired) electrons. The number of carboxylic acid groups (broad SMARTS) is 1. The molecule has 0 aromatic heterocycles. The number of carbonyl (C=O) groups is 2. The van der Waals surface area contributed by atoms with Gasteiger partial charge in [-0.2, -0.15) is 0 Å². The molecule has 124 valence electrons. The highest BCUT2D eigenvalue weighted by Gasteiger charge is 2.49. The summed E-state index contributed by atoms with van der Waals surface area (Å²) in [6, 6.07) is 5.31. The number of hydrogen-bond donors (Lipinski definition) is 1. The van der Waals surface area contributed by atoms with Gasteiger partial charge in [0.2, 0.25) is 5.91 Å². The third kappa shape index (κ3) is 2.72. The molecule has 2 amide bonds. The molecule has 7 heteroatoms. The molecule has 2 heterocycles. The molecular formula is C16H19ClN2O4. The van der Waals surface area contributed by atoms with Crippen LogP contribution in [0.1, 0.15) is 19.3 Å². The second-order valence-corrected chi connectivity index (χ2v) is 6.48. The van der Waals surface area contributed by atoms with Crippen LogP contribution in [0.25, 0.3) is 0 Å². The van der Waals surface area contributed by atoms with Crippen LogP contribution in [-0.2, 0) is 4.79 Å². The van der Waals surface area contributed by atoms with Gasteiger partial charge in [0.15, 0.2) is 0 Å². The van der Waals surface area contributed by atoms with E-state index in [0.717, 1.165) is 12.1 Å². The molecule has 2 saturated heterocycles. The van der Waals surface area contributed by atoms with Crippen LogP contribution in [0, 0.1) is 5.41 Å². The number of anilines is 1. The van der Waals surface area contributed by atoms with Crippen LogP contribution in [0.15, 0.2) is 18.2 Å². The molecule has 0 saturated carbocycles. The number of likely N-dealkylation sites (tertiary alicyclic amines) is 1. The summed E-state index contributed by atoms with van der Waals surface area (Å²) in [6.07, 6.45) is 1.01. The van der Waals surface area contributed by atoms with Crippen LogP contribution in [0.4, 0.5) is 10.5 Å². The summed E-state index contributed by atoms with van der Waals surface area (Å²) < 4.78 is 5.22. The summed E-state index contributed by atoms with van der Waals surface area (Å²) in [7, 11) is 1.54. The van der Waals surface area contributed by atoms with Gasteiger partial charge < -0.3 is 19.6 Å². The van der Waals surface area contributed by atoms with Crippen molar-refractivity contribution >= 4 is 29.3 Å². The van der Waals surface area contributed by atoms with E-state index in [-0.39, 0.29) is 5.91 Å². The standard InChI is InChI=1S/C16H19ClN2O4/c1-23-13-10-11(2-3-12(13)17)19-9-6-16(14(19)20)4-7-18(8-5-16)15(21)22/h2-3,10H,4-9H2,1H3,(H,21,22). The Morgan fingerprint density at radius 1 is 1.26 bits per heavy atom. The van der Waals surface area contributed by atoms with Crippen molar-refractivity contribution in [1.82, 2.24) is 4.90 Å². The van der Waals surface area contributed by atoms with E-state index in [9.17, 15) is 9.59 Å². The molecule has 1 aromatic rings. The number of piperidine rings is 1. The van der Waals surface area contributed by atoms with Crippen molar-refractivity contribution in [3.8, 4) is 5.75 Å². The molecule has 6 nitrogen and oxygen atoms in total. The number of rotatable bonds is 2. The molecule has 2 aliphatic rings. The van der Waals surface area contributed by atoms with Gasteiger partial charge in [-0.3, -0.25) is 4.79 Å². The van der Waals surface area contributed by atoms with Crippen LogP contribution in [0.2, 0.25) is 5.02 Å². The predicted octanol–water partition coefficient (Wildman–Crippen LogP) is 2.85. The first-order valence-corrected chi connectivity index (χ1v) is 7.98. The summed E-state index contributed by atoms with van der Waals surface area (Å²) >= 11 is 6.04. The number of halogens is 1. The van der Waals surface area contributed by atoms with Gasteiger partial charge in [0.05, 0.1) is 17.5 Å². The molecule has 1 spiro atoms. The first-order chi connectivity index (χ1) is 11.0. The fraction of sp³-hybridized carbons (Fsp3) is 0.500. The Morgan fingerprint density at radius 2 is 1.91 bits per heavy atom. The van der Waals surface area contributed by atoms with Crippen molar-refractivity contribution in [3.05, 3.63) is 23.2 Å². The van der Waals surface area contributed by atoms with Crippen molar-refractivity contribution in [2.75, 3.05) is 31.6 Å². The molecule has 1 N–H and O–H groups in total. The largest absolute Gasteiger partial charge is 0.495 e. The molecule has 2 fully saturated rings. The highest BCUT2D eigenvalue weighted by Crippen LogP contribution is 2.44. The lowest BCUT2D eigenvalue weighted by molar-refractivity contribution is -0.127. The van der Waals surface area contributed by atoms with E-state index in [2.05, 4.69) is 0 Å². The maximum Gasteiger partial charge on any atom is 0.407 e. The van der Waals surface area contributed by atoms with Crippen molar-refractivity contribution in [3.63, 3.8) is 0 Å². The Morgan fingerprint density at radius 3 is 2.52 bits per heavy atom. The fourth-order valence-electron chi connectivity index (χ4n) is 3.47. The summed E-state index contributed by atoms with van der Waals surface area (Å²) in [5, 5.41) is 9.56. The summed E-state index contributed by atoms with van der Waals surface area (Å²) in [5.41, 5.74) is 0.340. The van der Waals surface area contributed by atoms with Gasteiger partial charge in [0.25, 0.3) is 0 Å². The predicted molar refractivity (Wildman–Crippen MR) is 86.2 cm³/mol. The molecule has 0 bridgehead atoms. The lowest BCUT2D eigenvalue weighted by Gasteiger charge is -2.36. The van der Waals surface area contributed by atoms with Crippen molar-refractivity contribution < 1.29 is 19.4 Å². The summed E-state index contributed by atoms with van der Waals surface area (Å²) in [6.45, 7) is 1.47. The number of nitrogens with zero attached hydrogens (tertiary/aromatic N) is 2. The van der Waals surface area contributed by atoms with Crippen LogP contribution >= 0.6 is 11.6 Å². The Labute approximate surface area is 139 Å². The average molecular weight is 339 g/mol. The number of benzene rings is 1. The number of hydrogen-bond acceptors (Lipinski definition) is 3. The van der Waals surface area contributed by atoms with Crippen LogP contribution in [0.5, 0.6) is 5.75 Å². The molecule has 1 aromatic carbocycles. The molecule has 23 heavy (non-hydrogen) atoms. The Bertz CT molecular complexity index is 641. The number of amides is 2. The van der Waals surface area contributed by atoms with E-state index in [1.165, 1.54) is 4.90 Å². The monoisotopic (exact) mass is 338 g/mol. The minimum atomic E-state index is -0.912. The SMILES string of the molecule is COc1cc(N2CCC3(CCN(C(=O)O)CC3)C2=O)ccc1Cl. The molecule has 0 atom stereocenters. The van der Waals surface area contributed by atoms with Crippen molar-refractivity contribution in [2.24, 2.45) is 5.41 Å². The number of ether oxygens (including phenoxy) is 1. The minimum Gasteiger partial charge on any atom is -0.495 e. The van der Waals surface area contributed by atoms with E-state index >= 15 is 0 Å². The van der Waals surface area contributed by atoms with E-state index in [1.807, 2.05) is 6.07 Å². The van der Waals surface area contributed by atoms with Gasteiger partial charge in [-0.1, -0.05) is 11.6 Å². The highest BCUT2D eigenvalue weighted by atomic mass is 35.5. The van der Waals surface area contributed by atoms with Crippen molar-refractivity contribution in [2.45, 2.75) is 19.3 Å². The van der Waals surface area contributed by atoms with Gasteiger partial charge in [0, 0.05) is 31.4 Å². The maximum atomic E-state index is 12.9. The van der Waals surface area contributed by atoms with E-state index in [1.54, 1.807) is 24.1 Å². The second kappa shape index (κ2) is 5.92. The Balaban J connectivity index is 1.78. The minimum absolute atomic E-state index is 0.0758. The fourth-order valence-corrected chi connectivity index (χ4v) is 3.67. The average Bonchev–Trinajstić information content (AvgIpc) is 2.85. The zero-order valence-electron chi connectivity index (χ0n) is 12.9. The van der Waals surface area contributed by atoms with E-state index in [0.29, 0.717) is 43.2 Å². The quantitative estimate of drug-likeness (QED) is 0.900. The lowest BCUT2D eigenvalue weighted by Crippen LogP contribution is -2.46. The smallest absolute Gasteiger partial charge is 0.407 e. The van der Waals surface area contributed by atoms with E-state index in [4.69, 9.17) is 21.4 Å². The molecular weight excluding hydrogens is 320 g/mol. The lowest BCUT2D eigenvalue weighted by atomic mass is 9.77. The molecule has 3 rings (SSSR count). The zero-order chi connectivity index (χ0) is 16.6. The Kier molecular flexibility index (Phi) is 4.10. The van der Waals surface area contributed by atoms with Crippen LogP contribution in [-0.4, -0.2) is 48.8 Å². The maximum absolute atomic E-state index is 12.9. The van der Waals surface area contributed by atoms with Crippen LogP contribution < -0.4 is 9.64 Å². The van der Waals surface area contributed by atoms with Gasteiger partial charge in [-0.25, -0.2) is 4.79 Å². The summed E-state index contributed by atoms with van der Waals surface area (Å²) in [5.74, 6) is 0.616. The first-order valence-electron chi connectivity index (χ1n) is 7.60. The number of carbonyl (C=O) groups excluding carboxylic acids is 1. The van der Waals surface area contributed by atoms with Crippen LogP contribution in [0.3, 0.4) is 0 Å². The van der Waals surface area contributed by atoms with E-state index < -0.39 is 11.5 Å². The number of methoxy groups -OCH3 is 1. The van der Waals surface area contributed by atoms with Gasteiger partial charge in [-0.05, 0) is 31.4 Å². The first kappa shape index (κ1) is 15.9. The third-order valence-corrected chi connectivity index (χ3v) is 5.26. The zero-order valence-corrected chi connectivity index (χ0v) is 13.7. The normalized spacial score (nSPS) is 20.2.